The molecule has 1 spiro atoms. The molecule has 0 aromatic carbocycles. The number of nitrogens with zero attached hydrogens (tertiary/aromatic N) is 2. The van der Waals surface area contributed by atoms with Crippen molar-refractivity contribution in [3.05, 3.63) is 33.1 Å². The first-order valence-corrected chi connectivity index (χ1v) is 7.00. The Morgan fingerprint density at radius 3 is 2.67 bits per heavy atom. The Kier molecular flexibility index (Phi) is 3.51. The van der Waals surface area contributed by atoms with Gasteiger partial charge in [-0.2, -0.15) is 0 Å². The van der Waals surface area contributed by atoms with Crippen LogP contribution in [0.1, 0.15) is 19.1 Å². The molecule has 21 heavy (non-hydrogen) atoms. The molecule has 1 aromatic rings. The molecule has 2 aliphatic rings. The Morgan fingerprint density at radius 1 is 1.38 bits per heavy atom. The van der Waals surface area contributed by atoms with Gasteiger partial charge in [-0.1, -0.05) is 0 Å². The number of ether oxygens (including phenoxy) is 3. The summed E-state index contributed by atoms with van der Waals surface area (Å²) in [4.78, 5) is 23.9. The van der Waals surface area contributed by atoms with Crippen LogP contribution in [-0.2, 0) is 21.3 Å². The van der Waals surface area contributed by atoms with E-state index in [9.17, 15) is 9.59 Å². The minimum Gasteiger partial charge on any atom is -0.382 e. The minimum absolute atomic E-state index is 0.105. The quantitative estimate of drug-likeness (QED) is 0.775. The zero-order valence-electron chi connectivity index (χ0n) is 12.4. The summed E-state index contributed by atoms with van der Waals surface area (Å²) >= 11 is 0. The SMILES string of the molecule is COC[C@H]1O[C@@H](n2ccc(=O)n(C)c2=O)C2(CC2)[C@@H]1OC. The Balaban J connectivity index is 2.02. The summed E-state index contributed by atoms with van der Waals surface area (Å²) in [6.07, 6.45) is 2.65. The van der Waals surface area contributed by atoms with Crippen molar-refractivity contribution in [3.63, 3.8) is 0 Å². The van der Waals surface area contributed by atoms with Crippen molar-refractivity contribution < 1.29 is 14.2 Å². The second-order valence-electron chi connectivity index (χ2n) is 5.77. The zero-order chi connectivity index (χ0) is 15.2. The second-order valence-corrected chi connectivity index (χ2v) is 5.77. The van der Waals surface area contributed by atoms with Crippen LogP contribution in [0.15, 0.2) is 21.9 Å². The average molecular weight is 296 g/mol. The van der Waals surface area contributed by atoms with Gasteiger partial charge in [-0.25, -0.2) is 4.79 Å². The predicted octanol–water partition coefficient (Wildman–Crippen LogP) is -0.114. The van der Waals surface area contributed by atoms with Crippen molar-refractivity contribution in [2.24, 2.45) is 12.5 Å². The van der Waals surface area contributed by atoms with Crippen LogP contribution in [-0.4, -0.2) is 42.2 Å². The van der Waals surface area contributed by atoms with Crippen LogP contribution in [0.2, 0.25) is 0 Å². The van der Waals surface area contributed by atoms with E-state index in [1.165, 1.54) is 23.9 Å². The third-order valence-electron chi connectivity index (χ3n) is 4.58. The van der Waals surface area contributed by atoms with Gasteiger partial charge in [-0.15, -0.1) is 0 Å². The van der Waals surface area contributed by atoms with Crippen LogP contribution < -0.4 is 11.2 Å². The molecule has 0 amide bonds. The molecular weight excluding hydrogens is 276 g/mol. The van der Waals surface area contributed by atoms with Gasteiger partial charge in [0.15, 0.2) is 0 Å². The maximum absolute atomic E-state index is 12.3. The molecule has 2 heterocycles. The lowest BCUT2D eigenvalue weighted by molar-refractivity contribution is -0.0628. The van der Waals surface area contributed by atoms with E-state index in [2.05, 4.69) is 0 Å². The molecule has 3 atom stereocenters. The van der Waals surface area contributed by atoms with E-state index in [1.54, 1.807) is 14.2 Å². The van der Waals surface area contributed by atoms with Gasteiger partial charge in [0.25, 0.3) is 5.56 Å². The highest BCUT2D eigenvalue weighted by molar-refractivity contribution is 5.11. The van der Waals surface area contributed by atoms with Crippen LogP contribution in [0.25, 0.3) is 0 Å². The van der Waals surface area contributed by atoms with Gasteiger partial charge < -0.3 is 14.2 Å². The lowest BCUT2D eigenvalue weighted by atomic mass is 9.96. The fourth-order valence-corrected chi connectivity index (χ4v) is 3.34. The van der Waals surface area contributed by atoms with Gasteiger partial charge in [-0.05, 0) is 12.8 Å². The fourth-order valence-electron chi connectivity index (χ4n) is 3.34. The molecule has 2 fully saturated rings. The van der Waals surface area contributed by atoms with Crippen LogP contribution >= 0.6 is 0 Å². The van der Waals surface area contributed by atoms with E-state index in [1.807, 2.05) is 0 Å². The number of aromatic nitrogens is 2. The normalized spacial score (nSPS) is 30.0. The van der Waals surface area contributed by atoms with Crippen molar-refractivity contribution in [2.75, 3.05) is 20.8 Å². The number of methoxy groups -OCH3 is 2. The summed E-state index contributed by atoms with van der Waals surface area (Å²) in [6, 6.07) is 1.38. The predicted molar refractivity (Wildman–Crippen MR) is 74.2 cm³/mol. The van der Waals surface area contributed by atoms with Crippen molar-refractivity contribution in [2.45, 2.75) is 31.3 Å². The molecule has 3 rings (SSSR count). The van der Waals surface area contributed by atoms with E-state index >= 15 is 0 Å². The zero-order valence-corrected chi connectivity index (χ0v) is 12.4. The van der Waals surface area contributed by atoms with E-state index in [0.717, 1.165) is 17.4 Å². The average Bonchev–Trinajstić information content (AvgIpc) is 3.18. The maximum Gasteiger partial charge on any atom is 0.332 e. The molecule has 1 aliphatic carbocycles. The monoisotopic (exact) mass is 296 g/mol. The molecule has 1 saturated heterocycles. The molecule has 0 bridgehead atoms. The summed E-state index contributed by atoms with van der Waals surface area (Å²) in [7, 11) is 4.74. The molecule has 7 heteroatoms. The van der Waals surface area contributed by atoms with Crippen LogP contribution in [0.5, 0.6) is 0 Å². The van der Waals surface area contributed by atoms with Crippen LogP contribution in [0.3, 0.4) is 0 Å². The molecule has 0 N–H and O–H groups in total. The summed E-state index contributed by atoms with van der Waals surface area (Å²) < 4.78 is 19.4. The Bertz CT molecular complexity index is 645. The van der Waals surface area contributed by atoms with E-state index in [0.29, 0.717) is 6.61 Å². The molecule has 1 saturated carbocycles. The number of rotatable bonds is 4. The molecular formula is C14H20N2O5. The Labute approximate surface area is 122 Å². The highest BCUT2D eigenvalue weighted by Crippen LogP contribution is 2.63. The van der Waals surface area contributed by atoms with Gasteiger partial charge in [0.05, 0.1) is 12.7 Å². The first-order chi connectivity index (χ1) is 10.0. The largest absolute Gasteiger partial charge is 0.382 e. The van der Waals surface area contributed by atoms with Crippen molar-refractivity contribution in [1.82, 2.24) is 9.13 Å². The van der Waals surface area contributed by atoms with E-state index < -0.39 is 6.23 Å². The summed E-state index contributed by atoms with van der Waals surface area (Å²) in [5.74, 6) is 0. The minimum atomic E-state index is -0.415. The summed E-state index contributed by atoms with van der Waals surface area (Å²) in [6.45, 7) is 0.414. The standard InChI is InChI=1S/C14H20N2O5/c1-15-10(17)4-7-16(13(15)18)12-14(5-6-14)11(20-3)9(21-12)8-19-2/h4,7,9,11-12H,5-6,8H2,1-3H3/t9-,11-,12-/m1/s1. The molecule has 7 nitrogen and oxygen atoms in total. The number of hydrogen-bond acceptors (Lipinski definition) is 5. The van der Waals surface area contributed by atoms with Crippen molar-refractivity contribution in [3.8, 4) is 0 Å². The van der Waals surface area contributed by atoms with Gasteiger partial charge >= 0.3 is 5.69 Å². The highest BCUT2D eigenvalue weighted by Gasteiger charge is 2.65. The molecule has 0 radical (unpaired) electrons. The summed E-state index contributed by atoms with van der Waals surface area (Å²) in [5.41, 5.74) is -0.887. The van der Waals surface area contributed by atoms with Gasteiger partial charge in [0.1, 0.15) is 12.3 Å². The molecule has 116 valence electrons. The van der Waals surface area contributed by atoms with Crippen LogP contribution in [0.4, 0.5) is 0 Å². The van der Waals surface area contributed by atoms with Gasteiger partial charge in [0, 0.05) is 38.9 Å². The Morgan fingerprint density at radius 2 is 2.10 bits per heavy atom. The lowest BCUT2D eigenvalue weighted by Gasteiger charge is -2.23. The lowest BCUT2D eigenvalue weighted by Crippen LogP contribution is -2.41. The highest BCUT2D eigenvalue weighted by atomic mass is 16.6. The Hall–Kier alpha value is -1.44. The molecule has 0 unspecified atom stereocenters. The van der Waals surface area contributed by atoms with Crippen molar-refractivity contribution >= 4 is 0 Å². The van der Waals surface area contributed by atoms with Crippen LogP contribution in [0, 0.1) is 5.41 Å². The van der Waals surface area contributed by atoms with Crippen molar-refractivity contribution in [1.29, 1.82) is 0 Å². The third-order valence-corrected chi connectivity index (χ3v) is 4.58. The van der Waals surface area contributed by atoms with Gasteiger partial charge in [-0.3, -0.25) is 13.9 Å². The number of hydrogen-bond donors (Lipinski definition) is 0. The van der Waals surface area contributed by atoms with E-state index in [-0.39, 0.29) is 28.9 Å². The van der Waals surface area contributed by atoms with Gasteiger partial charge in [0.2, 0.25) is 0 Å². The fraction of sp³-hybridized carbons (Fsp3) is 0.714. The third kappa shape index (κ3) is 2.07. The maximum atomic E-state index is 12.3. The first kappa shape index (κ1) is 14.5. The first-order valence-electron chi connectivity index (χ1n) is 7.00. The smallest absolute Gasteiger partial charge is 0.332 e. The molecule has 1 aliphatic heterocycles. The summed E-state index contributed by atoms with van der Waals surface area (Å²) in [5, 5.41) is 0. The topological polar surface area (TPSA) is 71.7 Å². The second kappa shape index (κ2) is 5.08. The van der Waals surface area contributed by atoms with E-state index in [4.69, 9.17) is 14.2 Å². The molecule has 1 aromatic heterocycles.